The molecule has 142 valence electrons. The van der Waals surface area contributed by atoms with E-state index in [4.69, 9.17) is 16.3 Å². The smallest absolute Gasteiger partial charge is 0.407 e. The first kappa shape index (κ1) is 22.0. The Labute approximate surface area is 162 Å². The predicted molar refractivity (Wildman–Crippen MR) is 111 cm³/mol. The number of benzene rings is 1. The topological polar surface area (TPSA) is 50.7 Å². The van der Waals surface area contributed by atoms with Gasteiger partial charge in [0.15, 0.2) is 0 Å². The van der Waals surface area contributed by atoms with Crippen molar-refractivity contribution in [2.24, 2.45) is 4.99 Å². The fourth-order valence-electron chi connectivity index (χ4n) is 2.40. The van der Waals surface area contributed by atoms with Gasteiger partial charge in [-0.1, -0.05) is 43.3 Å². The van der Waals surface area contributed by atoms with Gasteiger partial charge < -0.3 is 10.1 Å². The van der Waals surface area contributed by atoms with Crippen LogP contribution in [0.5, 0.6) is 0 Å². The zero-order chi connectivity index (χ0) is 19.9. The highest BCUT2D eigenvalue weighted by Crippen LogP contribution is 2.22. The summed E-state index contributed by atoms with van der Waals surface area (Å²) in [5.41, 5.74) is 5.01. The maximum Gasteiger partial charge on any atom is 0.407 e. The van der Waals surface area contributed by atoms with Crippen LogP contribution < -0.4 is 5.32 Å². The summed E-state index contributed by atoms with van der Waals surface area (Å²) >= 11 is 5.72. The minimum absolute atomic E-state index is 0.267. The van der Waals surface area contributed by atoms with Gasteiger partial charge in [0.1, 0.15) is 10.8 Å². The molecule has 0 saturated carbocycles. The van der Waals surface area contributed by atoms with E-state index in [0.717, 1.165) is 34.3 Å². The molecule has 0 spiro atoms. The molecule has 0 aliphatic carbocycles. The Morgan fingerprint density at radius 2 is 2.04 bits per heavy atom. The summed E-state index contributed by atoms with van der Waals surface area (Å²) in [6, 6.07) is 6.18. The van der Waals surface area contributed by atoms with Gasteiger partial charge in [0.05, 0.1) is 0 Å². The van der Waals surface area contributed by atoms with E-state index < -0.39 is 11.7 Å². The highest BCUT2D eigenvalue weighted by molar-refractivity contribution is 6.29. The van der Waals surface area contributed by atoms with E-state index in [1.165, 1.54) is 0 Å². The molecule has 1 rings (SSSR count). The van der Waals surface area contributed by atoms with Crippen molar-refractivity contribution in [2.75, 3.05) is 0 Å². The Morgan fingerprint density at radius 3 is 2.54 bits per heavy atom. The number of rotatable bonds is 6. The van der Waals surface area contributed by atoms with Crippen molar-refractivity contribution in [2.45, 2.75) is 60.1 Å². The number of ether oxygens (including phenoxy) is 1. The number of hydrogen-bond acceptors (Lipinski definition) is 3. The number of halogens is 1. The molecule has 1 N–H and O–H groups in total. The van der Waals surface area contributed by atoms with Crippen molar-refractivity contribution >= 4 is 29.5 Å². The van der Waals surface area contributed by atoms with Crippen molar-refractivity contribution < 1.29 is 9.53 Å². The van der Waals surface area contributed by atoms with Crippen LogP contribution in [-0.2, 0) is 11.3 Å². The van der Waals surface area contributed by atoms with E-state index in [-0.39, 0.29) is 5.16 Å². The second-order valence-electron chi connectivity index (χ2n) is 7.13. The van der Waals surface area contributed by atoms with Crippen LogP contribution in [0.4, 0.5) is 4.79 Å². The zero-order valence-electron chi connectivity index (χ0n) is 16.6. The van der Waals surface area contributed by atoms with Crippen molar-refractivity contribution in [3.05, 3.63) is 52.2 Å². The standard InChI is InChI=1S/C21H29ClN2O2/c1-8-17(12-23-16(4)22)15(3)18-9-10-19(14(2)11-18)13-24-20(25)26-21(5,6)7/h9-12H,4,8,13H2,1-3,5-7H3,(H,24,25)/b17-15+,23-12-. The van der Waals surface area contributed by atoms with Gasteiger partial charge in [-0.2, -0.15) is 0 Å². The summed E-state index contributed by atoms with van der Waals surface area (Å²) in [6.07, 6.45) is 2.20. The highest BCUT2D eigenvalue weighted by Gasteiger charge is 2.16. The summed E-state index contributed by atoms with van der Waals surface area (Å²) in [5.74, 6) is 0. The number of hydrogen-bond donors (Lipinski definition) is 1. The Bertz CT molecular complexity index is 728. The average molecular weight is 377 g/mol. The minimum atomic E-state index is -0.503. The lowest BCUT2D eigenvalue weighted by Gasteiger charge is -2.20. The summed E-state index contributed by atoms with van der Waals surface area (Å²) in [4.78, 5) is 15.9. The summed E-state index contributed by atoms with van der Waals surface area (Å²) < 4.78 is 5.26. The lowest BCUT2D eigenvalue weighted by molar-refractivity contribution is 0.0523. The van der Waals surface area contributed by atoms with Crippen LogP contribution >= 0.6 is 11.6 Å². The van der Waals surface area contributed by atoms with Crippen molar-refractivity contribution in [1.29, 1.82) is 0 Å². The number of nitrogens with one attached hydrogen (secondary N) is 1. The van der Waals surface area contributed by atoms with Crippen molar-refractivity contribution in [3.8, 4) is 0 Å². The Balaban J connectivity index is 2.92. The number of amides is 1. The molecular weight excluding hydrogens is 348 g/mol. The molecule has 0 aromatic heterocycles. The number of allylic oxidation sites excluding steroid dienone is 2. The second kappa shape index (κ2) is 9.58. The quantitative estimate of drug-likeness (QED) is 0.490. The lowest BCUT2D eigenvalue weighted by Crippen LogP contribution is -2.32. The van der Waals surface area contributed by atoms with E-state index in [0.29, 0.717) is 6.54 Å². The van der Waals surface area contributed by atoms with Crippen LogP contribution in [0.2, 0.25) is 0 Å². The Kier molecular flexibility index (Phi) is 8.09. The van der Waals surface area contributed by atoms with E-state index >= 15 is 0 Å². The van der Waals surface area contributed by atoms with Crippen molar-refractivity contribution in [3.63, 3.8) is 0 Å². The van der Waals surface area contributed by atoms with Gasteiger partial charge in [0.2, 0.25) is 0 Å². The molecule has 1 aromatic carbocycles. The molecule has 0 aliphatic rings. The molecule has 1 amide bonds. The molecule has 0 radical (unpaired) electrons. The normalized spacial score (nSPS) is 12.7. The lowest BCUT2D eigenvalue weighted by atomic mass is 9.96. The number of alkyl carbamates (subject to hydrolysis) is 1. The predicted octanol–water partition coefficient (Wildman–Crippen LogP) is 5.98. The molecule has 0 bridgehead atoms. The molecule has 0 aliphatic heterocycles. The molecule has 0 atom stereocenters. The van der Waals surface area contributed by atoms with Crippen LogP contribution in [0.3, 0.4) is 0 Å². The highest BCUT2D eigenvalue weighted by atomic mass is 35.5. The number of carbonyl (C=O) groups is 1. The molecular formula is C21H29ClN2O2. The number of aliphatic imine (C=N–C) groups is 1. The molecule has 0 saturated heterocycles. The van der Waals surface area contributed by atoms with Gasteiger partial charge in [-0.15, -0.1) is 0 Å². The summed E-state index contributed by atoms with van der Waals surface area (Å²) in [7, 11) is 0. The molecule has 0 unspecified atom stereocenters. The van der Waals surface area contributed by atoms with Crippen LogP contribution in [0, 0.1) is 6.92 Å². The molecule has 4 nitrogen and oxygen atoms in total. The average Bonchev–Trinajstić information content (AvgIpc) is 2.52. The van der Waals surface area contributed by atoms with Gasteiger partial charge >= 0.3 is 6.09 Å². The van der Waals surface area contributed by atoms with Gasteiger partial charge in [-0.3, -0.25) is 0 Å². The molecule has 1 aromatic rings. The third-order valence-corrected chi connectivity index (χ3v) is 3.92. The van der Waals surface area contributed by atoms with E-state index in [1.807, 2.05) is 39.8 Å². The van der Waals surface area contributed by atoms with Gasteiger partial charge in [-0.05, 0) is 68.9 Å². The maximum absolute atomic E-state index is 11.8. The SMILES string of the molecule is C=C(Cl)/N=C\C(CC)=C(/C)c1ccc(CNC(=O)OC(C)(C)C)c(C)c1. The summed E-state index contributed by atoms with van der Waals surface area (Å²) in [6.45, 7) is 15.7. The van der Waals surface area contributed by atoms with E-state index in [9.17, 15) is 4.79 Å². The monoisotopic (exact) mass is 376 g/mol. The van der Waals surface area contributed by atoms with Crippen LogP contribution in [-0.4, -0.2) is 17.9 Å². The first-order chi connectivity index (χ1) is 12.0. The largest absolute Gasteiger partial charge is 0.444 e. The molecule has 0 heterocycles. The first-order valence-electron chi connectivity index (χ1n) is 8.68. The number of carbonyl (C=O) groups excluding carboxylic acids is 1. The third kappa shape index (κ3) is 7.44. The van der Waals surface area contributed by atoms with Crippen LogP contribution in [0.1, 0.15) is 57.7 Å². The molecule has 0 fully saturated rings. The fourth-order valence-corrected chi connectivity index (χ4v) is 2.44. The zero-order valence-corrected chi connectivity index (χ0v) is 17.3. The Hall–Kier alpha value is -2.07. The Morgan fingerprint density at radius 1 is 1.38 bits per heavy atom. The molecule has 26 heavy (non-hydrogen) atoms. The maximum atomic E-state index is 11.8. The third-order valence-electron chi connectivity index (χ3n) is 3.82. The first-order valence-corrected chi connectivity index (χ1v) is 9.06. The number of nitrogens with zero attached hydrogens (tertiary/aromatic N) is 1. The van der Waals surface area contributed by atoms with Crippen molar-refractivity contribution in [1.82, 2.24) is 5.32 Å². The van der Waals surface area contributed by atoms with E-state index in [1.54, 1.807) is 6.21 Å². The van der Waals surface area contributed by atoms with Gasteiger partial charge in [-0.25, -0.2) is 9.79 Å². The van der Waals surface area contributed by atoms with Gasteiger partial charge in [0.25, 0.3) is 0 Å². The fraction of sp³-hybridized carbons (Fsp3) is 0.429. The van der Waals surface area contributed by atoms with Crippen LogP contribution in [0.25, 0.3) is 5.57 Å². The summed E-state index contributed by atoms with van der Waals surface area (Å²) in [5, 5.41) is 3.06. The number of aryl methyl sites for hydroxylation is 1. The van der Waals surface area contributed by atoms with Crippen LogP contribution in [0.15, 0.2) is 40.5 Å². The minimum Gasteiger partial charge on any atom is -0.444 e. The van der Waals surface area contributed by atoms with E-state index in [2.05, 4.69) is 36.8 Å². The van der Waals surface area contributed by atoms with Gasteiger partial charge in [0, 0.05) is 12.8 Å². The molecule has 5 heteroatoms. The second-order valence-corrected chi connectivity index (χ2v) is 7.57.